The smallest absolute Gasteiger partial charge is 0.142 e. The molecule has 86 valence electrons. The van der Waals surface area contributed by atoms with Gasteiger partial charge in [-0.15, -0.1) is 0 Å². The van der Waals surface area contributed by atoms with Gasteiger partial charge in [-0.05, 0) is 18.6 Å². The predicted octanol–water partition coefficient (Wildman–Crippen LogP) is 1.97. The molecule has 0 amide bonds. The lowest BCUT2D eigenvalue weighted by Gasteiger charge is -2.20. The van der Waals surface area contributed by atoms with Crippen molar-refractivity contribution < 1.29 is 9.47 Å². The molecule has 0 radical (unpaired) electrons. The molecule has 0 spiro atoms. The van der Waals surface area contributed by atoms with E-state index >= 15 is 0 Å². The highest BCUT2D eigenvalue weighted by atomic mass is 16.5. The predicted molar refractivity (Wildman–Crippen MR) is 63.2 cm³/mol. The second-order valence-corrected chi connectivity index (χ2v) is 3.51. The van der Waals surface area contributed by atoms with E-state index in [9.17, 15) is 0 Å². The molecule has 0 aliphatic rings. The van der Waals surface area contributed by atoms with Crippen molar-refractivity contribution in [2.75, 3.05) is 32.7 Å². The van der Waals surface area contributed by atoms with Gasteiger partial charge in [-0.2, -0.15) is 5.26 Å². The fourth-order valence-electron chi connectivity index (χ4n) is 1.52. The Kier molecular flexibility index (Phi) is 4.01. The SMILES string of the molecule is COc1cc(N(C)CC#N)c(OC)cc1C. The molecule has 16 heavy (non-hydrogen) atoms. The highest BCUT2D eigenvalue weighted by Crippen LogP contribution is 2.34. The van der Waals surface area contributed by atoms with E-state index in [1.165, 1.54) is 0 Å². The number of nitriles is 1. The van der Waals surface area contributed by atoms with Gasteiger partial charge in [0.1, 0.15) is 18.0 Å². The maximum Gasteiger partial charge on any atom is 0.142 e. The second-order valence-electron chi connectivity index (χ2n) is 3.51. The van der Waals surface area contributed by atoms with Gasteiger partial charge >= 0.3 is 0 Å². The van der Waals surface area contributed by atoms with Gasteiger partial charge in [0.25, 0.3) is 0 Å². The van der Waals surface area contributed by atoms with Crippen LogP contribution in [0, 0.1) is 18.3 Å². The molecule has 1 aromatic rings. The zero-order chi connectivity index (χ0) is 12.1. The van der Waals surface area contributed by atoms with Crippen LogP contribution in [0.5, 0.6) is 11.5 Å². The molecular formula is C12H16N2O2. The maximum absolute atomic E-state index is 8.68. The zero-order valence-corrected chi connectivity index (χ0v) is 10.1. The Bertz CT molecular complexity index is 410. The van der Waals surface area contributed by atoms with Crippen LogP contribution in [0.3, 0.4) is 0 Å². The Balaban J connectivity index is 3.20. The minimum atomic E-state index is 0.308. The molecule has 4 nitrogen and oxygen atoms in total. The molecule has 0 fully saturated rings. The molecule has 0 aliphatic heterocycles. The summed E-state index contributed by atoms with van der Waals surface area (Å²) < 4.78 is 10.5. The molecule has 0 heterocycles. The Morgan fingerprint density at radius 3 is 2.38 bits per heavy atom. The lowest BCUT2D eigenvalue weighted by atomic mass is 10.1. The van der Waals surface area contributed by atoms with Crippen LogP contribution >= 0.6 is 0 Å². The molecule has 0 unspecified atom stereocenters. The third kappa shape index (κ3) is 2.37. The summed E-state index contributed by atoms with van der Waals surface area (Å²) in [6.45, 7) is 2.26. The molecule has 0 bridgehead atoms. The topological polar surface area (TPSA) is 45.5 Å². The summed E-state index contributed by atoms with van der Waals surface area (Å²) in [7, 11) is 5.09. The van der Waals surface area contributed by atoms with E-state index in [-0.39, 0.29) is 0 Å². The van der Waals surface area contributed by atoms with Crippen LogP contribution in [0.1, 0.15) is 5.56 Å². The van der Waals surface area contributed by atoms with Gasteiger partial charge in [0.15, 0.2) is 0 Å². The van der Waals surface area contributed by atoms with E-state index in [1.807, 2.05) is 31.0 Å². The van der Waals surface area contributed by atoms with Crippen molar-refractivity contribution in [2.45, 2.75) is 6.92 Å². The fourth-order valence-corrected chi connectivity index (χ4v) is 1.52. The molecule has 0 aliphatic carbocycles. The summed E-state index contributed by atoms with van der Waals surface area (Å²) in [5, 5.41) is 8.68. The number of hydrogen-bond donors (Lipinski definition) is 0. The number of hydrogen-bond acceptors (Lipinski definition) is 4. The first kappa shape index (κ1) is 12.2. The van der Waals surface area contributed by atoms with Gasteiger partial charge in [-0.3, -0.25) is 0 Å². The monoisotopic (exact) mass is 220 g/mol. The van der Waals surface area contributed by atoms with Crippen molar-refractivity contribution in [1.29, 1.82) is 5.26 Å². The molecule has 0 saturated carbocycles. The summed E-state index contributed by atoms with van der Waals surface area (Å²) in [6.07, 6.45) is 0. The summed E-state index contributed by atoms with van der Waals surface area (Å²) in [6, 6.07) is 5.88. The Morgan fingerprint density at radius 1 is 1.25 bits per heavy atom. The van der Waals surface area contributed by atoms with Gasteiger partial charge in [0, 0.05) is 13.1 Å². The standard InChI is InChI=1S/C12H16N2O2/c1-9-7-12(16-4)10(8-11(9)15-3)14(2)6-5-13/h7-8H,6H2,1-4H3. The van der Waals surface area contributed by atoms with E-state index in [1.54, 1.807) is 14.2 Å². The van der Waals surface area contributed by atoms with Crippen LogP contribution in [-0.2, 0) is 0 Å². The van der Waals surface area contributed by atoms with Gasteiger partial charge in [0.2, 0.25) is 0 Å². The number of ether oxygens (including phenoxy) is 2. The summed E-state index contributed by atoms with van der Waals surface area (Å²) in [4.78, 5) is 1.82. The van der Waals surface area contributed by atoms with Gasteiger partial charge < -0.3 is 14.4 Å². The molecule has 1 rings (SSSR count). The van der Waals surface area contributed by atoms with E-state index in [4.69, 9.17) is 14.7 Å². The van der Waals surface area contributed by atoms with Crippen LogP contribution in [0.2, 0.25) is 0 Å². The second kappa shape index (κ2) is 5.26. The van der Waals surface area contributed by atoms with Crippen molar-refractivity contribution in [2.24, 2.45) is 0 Å². The number of rotatable bonds is 4. The molecule has 0 saturated heterocycles. The van der Waals surface area contributed by atoms with Crippen LogP contribution in [0.4, 0.5) is 5.69 Å². The van der Waals surface area contributed by atoms with Crippen molar-refractivity contribution in [1.82, 2.24) is 0 Å². The number of nitrogens with zero attached hydrogens (tertiary/aromatic N) is 2. The number of aryl methyl sites for hydroxylation is 1. The highest BCUT2D eigenvalue weighted by Gasteiger charge is 2.11. The fraction of sp³-hybridized carbons (Fsp3) is 0.417. The Hall–Kier alpha value is -1.89. The average molecular weight is 220 g/mol. The highest BCUT2D eigenvalue weighted by molar-refractivity contribution is 5.63. The number of benzene rings is 1. The Morgan fingerprint density at radius 2 is 1.88 bits per heavy atom. The molecule has 1 aromatic carbocycles. The van der Waals surface area contributed by atoms with Crippen LogP contribution in [-0.4, -0.2) is 27.8 Å². The van der Waals surface area contributed by atoms with Gasteiger partial charge in [-0.25, -0.2) is 0 Å². The van der Waals surface area contributed by atoms with E-state index < -0.39 is 0 Å². The summed E-state index contributed by atoms with van der Waals surface area (Å²) in [5.74, 6) is 1.54. The number of methoxy groups -OCH3 is 2. The summed E-state index contributed by atoms with van der Waals surface area (Å²) in [5.41, 5.74) is 1.86. The van der Waals surface area contributed by atoms with Crippen molar-refractivity contribution >= 4 is 5.69 Å². The normalized spacial score (nSPS) is 9.44. The van der Waals surface area contributed by atoms with Gasteiger partial charge in [0.05, 0.1) is 26.0 Å². The van der Waals surface area contributed by atoms with E-state index in [0.717, 1.165) is 22.7 Å². The molecule has 0 N–H and O–H groups in total. The average Bonchev–Trinajstić information content (AvgIpc) is 2.28. The minimum Gasteiger partial charge on any atom is -0.496 e. The molecular weight excluding hydrogens is 204 g/mol. The van der Waals surface area contributed by atoms with Crippen molar-refractivity contribution in [3.05, 3.63) is 17.7 Å². The first-order valence-corrected chi connectivity index (χ1v) is 4.94. The molecule has 0 aromatic heterocycles. The number of anilines is 1. The molecule has 0 atom stereocenters. The lowest BCUT2D eigenvalue weighted by molar-refractivity contribution is 0.401. The van der Waals surface area contributed by atoms with Crippen LogP contribution in [0.15, 0.2) is 12.1 Å². The maximum atomic E-state index is 8.68. The third-order valence-electron chi connectivity index (χ3n) is 2.42. The van der Waals surface area contributed by atoms with E-state index in [2.05, 4.69) is 6.07 Å². The van der Waals surface area contributed by atoms with Crippen LogP contribution in [0.25, 0.3) is 0 Å². The Labute approximate surface area is 96.0 Å². The summed E-state index contributed by atoms with van der Waals surface area (Å²) >= 11 is 0. The third-order valence-corrected chi connectivity index (χ3v) is 2.42. The van der Waals surface area contributed by atoms with E-state index in [0.29, 0.717) is 6.54 Å². The minimum absolute atomic E-state index is 0.308. The first-order chi connectivity index (χ1) is 7.63. The van der Waals surface area contributed by atoms with Gasteiger partial charge in [-0.1, -0.05) is 0 Å². The molecule has 4 heteroatoms. The van der Waals surface area contributed by atoms with Crippen molar-refractivity contribution in [3.8, 4) is 17.6 Å². The lowest BCUT2D eigenvalue weighted by Crippen LogP contribution is -2.18. The zero-order valence-electron chi connectivity index (χ0n) is 10.1. The van der Waals surface area contributed by atoms with Crippen molar-refractivity contribution in [3.63, 3.8) is 0 Å². The quantitative estimate of drug-likeness (QED) is 0.728. The van der Waals surface area contributed by atoms with Crippen LogP contribution < -0.4 is 14.4 Å². The largest absolute Gasteiger partial charge is 0.496 e. The first-order valence-electron chi connectivity index (χ1n) is 4.94.